The number of hydrogen-bond acceptors (Lipinski definition) is 4. The zero-order chi connectivity index (χ0) is 20.4. The van der Waals surface area contributed by atoms with Crippen LogP contribution in [0.25, 0.3) is 0 Å². The summed E-state index contributed by atoms with van der Waals surface area (Å²) >= 11 is 0. The van der Waals surface area contributed by atoms with Crippen molar-refractivity contribution in [2.45, 2.75) is 17.9 Å². The molecule has 4 rings (SSSR count). The van der Waals surface area contributed by atoms with E-state index in [4.69, 9.17) is 0 Å². The number of hydrogen-bond donors (Lipinski definition) is 0. The number of sulfonamides is 1. The molecule has 1 aromatic heterocycles. The molecular formula is C21H22N4O3S. The number of rotatable bonds is 5. The van der Waals surface area contributed by atoms with E-state index in [0.29, 0.717) is 18.7 Å². The number of amides is 1. The summed E-state index contributed by atoms with van der Waals surface area (Å²) in [5, 5.41) is 0. The Morgan fingerprint density at radius 3 is 2.48 bits per heavy atom. The van der Waals surface area contributed by atoms with Gasteiger partial charge >= 0.3 is 0 Å². The van der Waals surface area contributed by atoms with Crippen LogP contribution in [-0.4, -0.2) is 41.3 Å². The zero-order valence-electron chi connectivity index (χ0n) is 16.1. The largest absolute Gasteiger partial charge is 0.337 e. The van der Waals surface area contributed by atoms with Crippen molar-refractivity contribution in [1.82, 2.24) is 13.9 Å². The second-order valence-electron chi connectivity index (χ2n) is 7.02. The van der Waals surface area contributed by atoms with E-state index in [9.17, 15) is 13.2 Å². The predicted octanol–water partition coefficient (Wildman–Crippen LogP) is 2.20. The number of carbonyl (C=O) groups is 1. The van der Waals surface area contributed by atoms with E-state index in [1.165, 1.54) is 4.31 Å². The number of aryl methyl sites for hydroxylation is 1. The summed E-state index contributed by atoms with van der Waals surface area (Å²) in [4.78, 5) is 18.9. The monoisotopic (exact) mass is 410 g/mol. The lowest BCUT2D eigenvalue weighted by Crippen LogP contribution is -2.40. The Bertz CT molecular complexity index is 1130. The topological polar surface area (TPSA) is 75.5 Å². The maximum absolute atomic E-state index is 13.3. The van der Waals surface area contributed by atoms with E-state index in [1.807, 2.05) is 30.3 Å². The third-order valence-corrected chi connectivity index (χ3v) is 6.95. The average molecular weight is 410 g/mol. The number of carbonyl (C=O) groups excluding carboxylic acids is 1. The third kappa shape index (κ3) is 3.81. The van der Waals surface area contributed by atoms with Gasteiger partial charge in [-0.15, -0.1) is 0 Å². The second-order valence-corrected chi connectivity index (χ2v) is 8.92. The van der Waals surface area contributed by atoms with Gasteiger partial charge in [-0.05, 0) is 24.1 Å². The summed E-state index contributed by atoms with van der Waals surface area (Å²) in [6, 6.07) is 16.6. The molecule has 0 saturated heterocycles. The molecule has 3 aromatic rings. The molecule has 0 unspecified atom stereocenters. The van der Waals surface area contributed by atoms with E-state index in [2.05, 4.69) is 4.98 Å². The summed E-state index contributed by atoms with van der Waals surface area (Å²) in [6.45, 7) is 0.289. The summed E-state index contributed by atoms with van der Waals surface area (Å²) in [5.74, 6) is -0.239. The van der Waals surface area contributed by atoms with Gasteiger partial charge in [0.25, 0.3) is 0 Å². The molecule has 1 aliphatic heterocycles. The molecule has 2 heterocycles. The van der Waals surface area contributed by atoms with Gasteiger partial charge in [-0.3, -0.25) is 4.79 Å². The molecule has 7 nitrogen and oxygen atoms in total. The number of fused-ring (bicyclic) bond motifs is 1. The Kier molecular flexibility index (Phi) is 5.21. The van der Waals surface area contributed by atoms with E-state index < -0.39 is 10.0 Å². The van der Waals surface area contributed by atoms with Crippen molar-refractivity contribution in [3.05, 3.63) is 78.4 Å². The van der Waals surface area contributed by atoms with Gasteiger partial charge in [-0.1, -0.05) is 42.5 Å². The maximum Gasteiger partial charge on any atom is 0.245 e. The highest BCUT2D eigenvalue weighted by Gasteiger charge is 2.36. The Balaban J connectivity index is 1.69. The van der Waals surface area contributed by atoms with Gasteiger partial charge < -0.3 is 9.47 Å². The van der Waals surface area contributed by atoms with E-state index >= 15 is 0 Å². The predicted molar refractivity (Wildman–Crippen MR) is 110 cm³/mol. The van der Waals surface area contributed by atoms with Crippen LogP contribution in [0.15, 0.2) is 72.0 Å². The minimum atomic E-state index is -3.83. The van der Waals surface area contributed by atoms with Crippen LogP contribution in [0.3, 0.4) is 0 Å². The van der Waals surface area contributed by atoms with Crippen LogP contribution >= 0.6 is 0 Å². The fourth-order valence-electron chi connectivity index (χ4n) is 3.48. The lowest BCUT2D eigenvalue weighted by molar-refractivity contribution is -0.118. The number of benzene rings is 2. The molecule has 0 aliphatic carbocycles. The quantitative estimate of drug-likeness (QED) is 0.646. The van der Waals surface area contributed by atoms with Crippen LogP contribution in [-0.2, 0) is 34.8 Å². The molecule has 2 aromatic carbocycles. The highest BCUT2D eigenvalue weighted by molar-refractivity contribution is 7.89. The third-order valence-electron chi connectivity index (χ3n) is 5.11. The molecule has 29 heavy (non-hydrogen) atoms. The van der Waals surface area contributed by atoms with Crippen LogP contribution in [0.1, 0.15) is 11.3 Å². The van der Waals surface area contributed by atoms with Crippen molar-refractivity contribution in [3.63, 3.8) is 0 Å². The van der Waals surface area contributed by atoms with Gasteiger partial charge in [0, 0.05) is 19.8 Å². The van der Waals surface area contributed by atoms with E-state index in [-0.39, 0.29) is 23.9 Å². The molecule has 0 saturated carbocycles. The zero-order valence-corrected chi connectivity index (χ0v) is 16.9. The van der Waals surface area contributed by atoms with Crippen molar-refractivity contribution in [2.24, 2.45) is 7.05 Å². The molecule has 8 heteroatoms. The molecule has 0 fully saturated rings. The van der Waals surface area contributed by atoms with Crippen molar-refractivity contribution in [2.75, 3.05) is 18.0 Å². The highest BCUT2D eigenvalue weighted by Crippen LogP contribution is 2.32. The van der Waals surface area contributed by atoms with E-state index in [1.54, 1.807) is 53.3 Å². The first kappa shape index (κ1) is 19.4. The lowest BCUT2D eigenvalue weighted by Gasteiger charge is -2.22. The first-order chi connectivity index (χ1) is 14.0. The van der Waals surface area contributed by atoms with Crippen LogP contribution in [0, 0.1) is 0 Å². The van der Waals surface area contributed by atoms with Crippen molar-refractivity contribution >= 4 is 21.6 Å². The standard InChI is InChI=1S/C21H22N4O3S/c1-23-16-22-13-18(23)14-24-15-21(26)25(12-11-17-7-3-2-4-8-17)19-9-5-6-10-20(19)29(24,27)28/h2-10,13,16H,11-12,14-15H2,1H3. The van der Waals surface area contributed by atoms with Crippen molar-refractivity contribution in [1.29, 1.82) is 0 Å². The summed E-state index contributed by atoms with van der Waals surface area (Å²) in [7, 11) is -2.03. The fourth-order valence-corrected chi connectivity index (χ4v) is 5.04. The second kappa shape index (κ2) is 7.81. The fraction of sp³-hybridized carbons (Fsp3) is 0.238. The Morgan fingerprint density at radius 2 is 1.76 bits per heavy atom. The average Bonchev–Trinajstić information content (AvgIpc) is 3.10. The summed E-state index contributed by atoms with van der Waals surface area (Å²) in [5.41, 5.74) is 2.24. The van der Waals surface area contributed by atoms with Crippen molar-refractivity contribution < 1.29 is 13.2 Å². The minimum absolute atomic E-state index is 0.0887. The van der Waals surface area contributed by atoms with Crippen LogP contribution in [0.4, 0.5) is 5.69 Å². The van der Waals surface area contributed by atoms with Gasteiger partial charge in [0.15, 0.2) is 0 Å². The number of anilines is 1. The van der Waals surface area contributed by atoms with Gasteiger partial charge in [0.05, 0.1) is 30.8 Å². The van der Waals surface area contributed by atoms with Crippen LogP contribution < -0.4 is 4.90 Å². The van der Waals surface area contributed by atoms with Gasteiger partial charge in [-0.25, -0.2) is 13.4 Å². The minimum Gasteiger partial charge on any atom is -0.337 e. The lowest BCUT2D eigenvalue weighted by atomic mass is 10.1. The van der Waals surface area contributed by atoms with Crippen molar-refractivity contribution in [3.8, 4) is 0 Å². The Labute approximate surface area is 170 Å². The molecule has 1 amide bonds. The highest BCUT2D eigenvalue weighted by atomic mass is 32.2. The first-order valence-corrected chi connectivity index (χ1v) is 10.8. The van der Waals surface area contributed by atoms with Gasteiger partial charge in [0.1, 0.15) is 4.90 Å². The van der Waals surface area contributed by atoms with Gasteiger partial charge in [-0.2, -0.15) is 4.31 Å². The normalized spacial score (nSPS) is 16.4. The van der Waals surface area contributed by atoms with Gasteiger partial charge in [0.2, 0.25) is 15.9 Å². The van der Waals surface area contributed by atoms with E-state index in [0.717, 1.165) is 11.3 Å². The molecular weight excluding hydrogens is 388 g/mol. The van der Waals surface area contributed by atoms with Crippen LogP contribution in [0.5, 0.6) is 0 Å². The molecule has 0 radical (unpaired) electrons. The number of nitrogens with zero attached hydrogens (tertiary/aromatic N) is 4. The molecule has 0 N–H and O–H groups in total. The summed E-state index contributed by atoms with van der Waals surface area (Å²) < 4.78 is 29.7. The van der Waals surface area contributed by atoms with Crippen LogP contribution in [0.2, 0.25) is 0 Å². The molecule has 0 spiro atoms. The SMILES string of the molecule is Cn1cncc1CN1CC(=O)N(CCc2ccccc2)c2ccccc2S1(=O)=O. The number of aromatic nitrogens is 2. The molecule has 0 atom stereocenters. The number of para-hydroxylation sites is 1. The number of imidazole rings is 1. The summed E-state index contributed by atoms with van der Waals surface area (Å²) in [6.07, 6.45) is 3.87. The smallest absolute Gasteiger partial charge is 0.245 e. The Morgan fingerprint density at radius 1 is 1.03 bits per heavy atom. The first-order valence-electron chi connectivity index (χ1n) is 9.35. The molecule has 150 valence electrons. The maximum atomic E-state index is 13.3. The molecule has 1 aliphatic rings. The molecule has 0 bridgehead atoms. The Hall–Kier alpha value is -2.97.